The van der Waals surface area contributed by atoms with E-state index in [1.165, 1.54) is 26.4 Å². The summed E-state index contributed by atoms with van der Waals surface area (Å²) in [6.45, 7) is 2.76. The van der Waals surface area contributed by atoms with Gasteiger partial charge in [0.15, 0.2) is 0 Å². The molecule has 1 aromatic carbocycles. The van der Waals surface area contributed by atoms with Gasteiger partial charge in [-0.3, -0.25) is 9.69 Å². The van der Waals surface area contributed by atoms with Gasteiger partial charge >= 0.3 is 0 Å². The van der Waals surface area contributed by atoms with Gasteiger partial charge in [0.2, 0.25) is 5.91 Å². The number of ether oxygens (including phenoxy) is 1. The van der Waals surface area contributed by atoms with Gasteiger partial charge in [0.25, 0.3) is 0 Å². The van der Waals surface area contributed by atoms with Gasteiger partial charge in [-0.15, -0.1) is 0 Å². The Morgan fingerprint density at radius 1 is 1.42 bits per heavy atom. The molecule has 2 heterocycles. The van der Waals surface area contributed by atoms with E-state index in [2.05, 4.69) is 21.3 Å². The van der Waals surface area contributed by atoms with Crippen molar-refractivity contribution in [2.45, 2.75) is 38.3 Å². The molecule has 1 unspecified atom stereocenters. The quantitative estimate of drug-likeness (QED) is 0.815. The third kappa shape index (κ3) is 4.33. The van der Waals surface area contributed by atoms with Crippen LogP contribution in [0.3, 0.4) is 0 Å². The molecule has 6 nitrogen and oxygen atoms in total. The molecule has 130 valence electrons. The Kier molecular flexibility index (Phi) is 5.82. The van der Waals surface area contributed by atoms with Gasteiger partial charge in [0.05, 0.1) is 17.6 Å². The molecule has 2 aromatic rings. The van der Waals surface area contributed by atoms with Gasteiger partial charge in [0.1, 0.15) is 12.4 Å². The summed E-state index contributed by atoms with van der Waals surface area (Å²) in [7, 11) is 1.54. The van der Waals surface area contributed by atoms with Gasteiger partial charge in [-0.25, -0.2) is 4.98 Å². The van der Waals surface area contributed by atoms with Crippen LogP contribution >= 0.6 is 0 Å². The highest BCUT2D eigenvalue weighted by atomic mass is 16.5. The highest BCUT2D eigenvalue weighted by molar-refractivity contribution is 5.77. The minimum atomic E-state index is -0.0443. The second kappa shape index (κ2) is 8.26. The molecule has 0 radical (unpaired) electrons. The van der Waals surface area contributed by atoms with Crippen molar-refractivity contribution in [3.05, 3.63) is 30.1 Å². The largest absolute Gasteiger partial charge is 0.375 e. The number of nitrogens with zero attached hydrogens (tertiary/aromatic N) is 2. The number of likely N-dealkylation sites (tertiary alicyclic amines) is 1. The van der Waals surface area contributed by atoms with E-state index in [0.717, 1.165) is 36.4 Å². The summed E-state index contributed by atoms with van der Waals surface area (Å²) in [6.07, 6.45) is 4.64. The molecule has 1 fully saturated rings. The lowest BCUT2D eigenvalue weighted by Gasteiger charge is -2.35. The predicted octanol–water partition coefficient (Wildman–Crippen LogP) is 2.07. The first kappa shape index (κ1) is 16.9. The minimum absolute atomic E-state index is 0.0443. The van der Waals surface area contributed by atoms with Crippen molar-refractivity contribution >= 4 is 16.9 Å². The zero-order valence-corrected chi connectivity index (χ0v) is 14.3. The maximum atomic E-state index is 11.5. The van der Waals surface area contributed by atoms with Gasteiger partial charge in [-0.1, -0.05) is 18.6 Å². The maximum Gasteiger partial charge on any atom is 0.245 e. The van der Waals surface area contributed by atoms with E-state index in [0.29, 0.717) is 12.6 Å². The van der Waals surface area contributed by atoms with E-state index in [9.17, 15) is 4.79 Å². The Morgan fingerprint density at radius 2 is 2.29 bits per heavy atom. The van der Waals surface area contributed by atoms with Crippen molar-refractivity contribution in [1.82, 2.24) is 20.2 Å². The molecule has 24 heavy (non-hydrogen) atoms. The van der Waals surface area contributed by atoms with E-state index in [1.54, 1.807) is 0 Å². The third-order valence-corrected chi connectivity index (χ3v) is 4.62. The molecule has 1 aromatic heterocycles. The molecule has 0 spiro atoms. The average molecular weight is 330 g/mol. The number of aromatic amines is 1. The number of piperidine rings is 1. The van der Waals surface area contributed by atoms with Gasteiger partial charge in [-0.2, -0.15) is 0 Å². The molecular weight excluding hydrogens is 304 g/mol. The molecule has 0 saturated carbocycles. The molecule has 0 aliphatic carbocycles. The number of imidazole rings is 1. The predicted molar refractivity (Wildman–Crippen MR) is 93.6 cm³/mol. The number of nitrogens with one attached hydrogen (secondary N) is 2. The molecule has 1 amide bonds. The van der Waals surface area contributed by atoms with Crippen LogP contribution in [-0.4, -0.2) is 53.6 Å². The van der Waals surface area contributed by atoms with Gasteiger partial charge in [-0.05, 0) is 37.9 Å². The number of hydrogen-bond acceptors (Lipinski definition) is 4. The Bertz CT molecular complexity index is 637. The first-order chi connectivity index (χ1) is 11.8. The summed E-state index contributed by atoms with van der Waals surface area (Å²) in [5, 5.41) is 2.92. The number of amides is 1. The average Bonchev–Trinajstić information content (AvgIpc) is 2.99. The summed E-state index contributed by atoms with van der Waals surface area (Å²) in [5.41, 5.74) is 2.11. The highest BCUT2D eigenvalue weighted by Gasteiger charge is 2.23. The Labute approximate surface area is 142 Å². The highest BCUT2D eigenvalue weighted by Crippen LogP contribution is 2.22. The zero-order chi connectivity index (χ0) is 16.8. The molecule has 6 heteroatoms. The van der Waals surface area contributed by atoms with Crippen LogP contribution in [0.5, 0.6) is 0 Å². The van der Waals surface area contributed by atoms with Crippen molar-refractivity contribution < 1.29 is 9.53 Å². The summed E-state index contributed by atoms with van der Waals surface area (Å²) in [4.78, 5) is 22.1. The number of carbonyl (C=O) groups is 1. The van der Waals surface area contributed by atoms with Crippen molar-refractivity contribution in [1.29, 1.82) is 0 Å². The molecular formula is C18H26N4O2. The Morgan fingerprint density at radius 3 is 3.12 bits per heavy atom. The SMILES string of the molecule is COCC(=O)NCCC1CCCCN1Cc1nc2ccccc2[nH]1. The van der Waals surface area contributed by atoms with Crippen LogP contribution in [0.1, 0.15) is 31.5 Å². The summed E-state index contributed by atoms with van der Waals surface area (Å²) in [6, 6.07) is 8.63. The number of aromatic nitrogens is 2. The number of fused-ring (bicyclic) bond motifs is 1. The first-order valence-corrected chi connectivity index (χ1v) is 8.69. The molecule has 2 N–H and O–H groups in total. The standard InChI is InChI=1S/C18H26N4O2/c1-24-13-18(23)19-10-9-14-6-4-5-11-22(14)12-17-20-15-7-2-3-8-16(15)21-17/h2-3,7-8,14H,4-6,9-13H2,1H3,(H,19,23)(H,20,21). The van der Waals surface area contributed by atoms with Crippen molar-refractivity contribution in [2.75, 3.05) is 26.8 Å². The fourth-order valence-electron chi connectivity index (χ4n) is 3.43. The molecule has 0 bridgehead atoms. The van der Waals surface area contributed by atoms with E-state index in [4.69, 9.17) is 9.72 Å². The van der Waals surface area contributed by atoms with Gasteiger partial charge in [0, 0.05) is 19.7 Å². The Balaban J connectivity index is 1.56. The number of para-hydroxylation sites is 2. The van der Waals surface area contributed by atoms with Crippen molar-refractivity contribution in [3.63, 3.8) is 0 Å². The van der Waals surface area contributed by atoms with Crippen LogP contribution in [0.4, 0.5) is 0 Å². The van der Waals surface area contributed by atoms with E-state index >= 15 is 0 Å². The minimum Gasteiger partial charge on any atom is -0.375 e. The number of methoxy groups -OCH3 is 1. The number of rotatable bonds is 7. The zero-order valence-electron chi connectivity index (χ0n) is 14.3. The molecule has 3 rings (SSSR count). The number of benzene rings is 1. The smallest absolute Gasteiger partial charge is 0.245 e. The first-order valence-electron chi connectivity index (χ1n) is 8.69. The molecule has 1 aliphatic rings. The van der Waals surface area contributed by atoms with Gasteiger partial charge < -0.3 is 15.0 Å². The summed E-state index contributed by atoms with van der Waals surface area (Å²) in [5.74, 6) is 0.976. The number of H-pyrrole nitrogens is 1. The molecule has 1 aliphatic heterocycles. The van der Waals surface area contributed by atoms with E-state index in [1.807, 2.05) is 18.2 Å². The van der Waals surface area contributed by atoms with Crippen molar-refractivity contribution in [3.8, 4) is 0 Å². The van der Waals surface area contributed by atoms with Crippen LogP contribution in [-0.2, 0) is 16.1 Å². The summed E-state index contributed by atoms with van der Waals surface area (Å²) < 4.78 is 4.84. The number of carbonyl (C=O) groups excluding carboxylic acids is 1. The van der Waals surface area contributed by atoms with Crippen LogP contribution in [0.2, 0.25) is 0 Å². The van der Waals surface area contributed by atoms with Crippen LogP contribution in [0.25, 0.3) is 11.0 Å². The lowest BCUT2D eigenvalue weighted by molar-refractivity contribution is -0.124. The normalized spacial score (nSPS) is 18.8. The lowest BCUT2D eigenvalue weighted by atomic mass is 9.99. The molecule has 1 atom stereocenters. The second-order valence-corrected chi connectivity index (χ2v) is 6.39. The summed E-state index contributed by atoms with van der Waals surface area (Å²) >= 11 is 0. The third-order valence-electron chi connectivity index (χ3n) is 4.62. The van der Waals surface area contributed by atoms with Crippen LogP contribution < -0.4 is 5.32 Å². The monoisotopic (exact) mass is 330 g/mol. The Hall–Kier alpha value is -1.92. The molecule has 1 saturated heterocycles. The number of hydrogen-bond donors (Lipinski definition) is 2. The maximum absolute atomic E-state index is 11.5. The topological polar surface area (TPSA) is 70.2 Å². The van der Waals surface area contributed by atoms with E-state index < -0.39 is 0 Å². The van der Waals surface area contributed by atoms with E-state index in [-0.39, 0.29) is 12.5 Å². The van der Waals surface area contributed by atoms with Crippen LogP contribution in [0, 0.1) is 0 Å². The van der Waals surface area contributed by atoms with Crippen molar-refractivity contribution in [2.24, 2.45) is 0 Å². The fraction of sp³-hybridized carbons (Fsp3) is 0.556. The fourth-order valence-corrected chi connectivity index (χ4v) is 3.43. The second-order valence-electron chi connectivity index (χ2n) is 6.39. The van der Waals surface area contributed by atoms with Crippen LogP contribution in [0.15, 0.2) is 24.3 Å². The lowest BCUT2D eigenvalue weighted by Crippen LogP contribution is -2.41.